The van der Waals surface area contributed by atoms with Crippen LogP contribution in [0.1, 0.15) is 38.3 Å². The Morgan fingerprint density at radius 2 is 1.59 bits per heavy atom. The number of benzene rings is 2. The summed E-state index contributed by atoms with van der Waals surface area (Å²) in [5.74, 6) is 1.10. The fourth-order valence-corrected chi connectivity index (χ4v) is 2.56. The molecule has 2 aromatic rings. The largest absolute Gasteiger partial charge is 0.508 e. The predicted molar refractivity (Wildman–Crippen MR) is 108 cm³/mol. The second-order valence-corrected chi connectivity index (χ2v) is 7.58. The number of carbonyl (C=O) groups is 1. The van der Waals surface area contributed by atoms with Crippen LogP contribution in [-0.2, 0) is 11.8 Å². The molecule has 0 aliphatic carbocycles. The standard InChI is InChI=1S/C22H30N2O3/c1-22(2,3)18-7-11-20(12-8-18)27-16-4-14-23-21(26)24-15-13-17-5-9-19(25)10-6-17/h5-12,25H,4,13-16H2,1-3H3,(H2,23,24,26). The summed E-state index contributed by atoms with van der Waals surface area (Å²) < 4.78 is 5.71. The first-order valence-corrected chi connectivity index (χ1v) is 9.37. The Morgan fingerprint density at radius 3 is 2.22 bits per heavy atom. The molecule has 0 unspecified atom stereocenters. The van der Waals surface area contributed by atoms with E-state index >= 15 is 0 Å². The maximum atomic E-state index is 11.7. The third-order valence-corrected chi connectivity index (χ3v) is 4.23. The van der Waals surface area contributed by atoms with E-state index in [1.54, 1.807) is 12.1 Å². The summed E-state index contributed by atoms with van der Waals surface area (Å²) in [6.45, 7) is 8.22. The number of nitrogens with one attached hydrogen (secondary N) is 2. The van der Waals surface area contributed by atoms with Gasteiger partial charge in [-0.25, -0.2) is 4.79 Å². The lowest BCUT2D eigenvalue weighted by Crippen LogP contribution is -2.37. The molecule has 0 aliphatic heterocycles. The SMILES string of the molecule is CC(C)(C)c1ccc(OCCCNC(=O)NCCc2ccc(O)cc2)cc1. The summed E-state index contributed by atoms with van der Waals surface area (Å²) in [6, 6.07) is 15.0. The zero-order valence-corrected chi connectivity index (χ0v) is 16.4. The first-order valence-electron chi connectivity index (χ1n) is 9.37. The van der Waals surface area contributed by atoms with E-state index in [-0.39, 0.29) is 17.2 Å². The molecule has 0 spiro atoms. The highest BCUT2D eigenvalue weighted by atomic mass is 16.5. The molecule has 2 rings (SSSR count). The summed E-state index contributed by atoms with van der Waals surface area (Å²) >= 11 is 0. The molecule has 5 heteroatoms. The van der Waals surface area contributed by atoms with Gasteiger partial charge in [-0.05, 0) is 53.6 Å². The lowest BCUT2D eigenvalue weighted by atomic mass is 9.87. The number of amides is 2. The molecule has 2 aromatic carbocycles. The van der Waals surface area contributed by atoms with Crippen molar-refractivity contribution in [2.24, 2.45) is 0 Å². The smallest absolute Gasteiger partial charge is 0.314 e. The Morgan fingerprint density at radius 1 is 0.963 bits per heavy atom. The monoisotopic (exact) mass is 370 g/mol. The Bertz CT molecular complexity index is 704. The van der Waals surface area contributed by atoms with Crippen molar-refractivity contribution in [1.29, 1.82) is 0 Å². The molecule has 146 valence electrons. The summed E-state index contributed by atoms with van der Waals surface area (Å²) in [5.41, 5.74) is 2.48. The average Bonchev–Trinajstić information content (AvgIpc) is 2.63. The molecule has 0 fully saturated rings. The van der Waals surface area contributed by atoms with E-state index in [0.717, 1.165) is 24.2 Å². The minimum absolute atomic E-state index is 0.137. The van der Waals surface area contributed by atoms with Crippen LogP contribution in [0.15, 0.2) is 48.5 Å². The van der Waals surface area contributed by atoms with Gasteiger partial charge in [-0.2, -0.15) is 0 Å². The molecule has 2 amide bonds. The molecule has 0 aliphatic rings. The molecular formula is C22H30N2O3. The van der Waals surface area contributed by atoms with Crippen molar-refractivity contribution >= 4 is 6.03 Å². The van der Waals surface area contributed by atoms with Crippen LogP contribution in [0.3, 0.4) is 0 Å². The number of ether oxygens (including phenoxy) is 1. The van der Waals surface area contributed by atoms with E-state index in [2.05, 4.69) is 43.5 Å². The van der Waals surface area contributed by atoms with Gasteiger partial charge < -0.3 is 20.5 Å². The Hall–Kier alpha value is -2.69. The van der Waals surface area contributed by atoms with Crippen molar-refractivity contribution < 1.29 is 14.6 Å². The van der Waals surface area contributed by atoms with Crippen molar-refractivity contribution in [3.05, 3.63) is 59.7 Å². The maximum Gasteiger partial charge on any atom is 0.314 e. The van der Waals surface area contributed by atoms with Crippen LogP contribution in [0.4, 0.5) is 4.79 Å². The highest BCUT2D eigenvalue weighted by Crippen LogP contribution is 2.24. The van der Waals surface area contributed by atoms with Crippen molar-refractivity contribution in [3.8, 4) is 11.5 Å². The topological polar surface area (TPSA) is 70.6 Å². The second kappa shape index (κ2) is 9.86. The Balaban J connectivity index is 1.55. The summed E-state index contributed by atoms with van der Waals surface area (Å²) in [4.78, 5) is 11.7. The lowest BCUT2D eigenvalue weighted by molar-refractivity contribution is 0.239. The fourth-order valence-electron chi connectivity index (χ4n) is 2.56. The van der Waals surface area contributed by atoms with Crippen LogP contribution < -0.4 is 15.4 Å². The molecule has 0 heterocycles. The van der Waals surface area contributed by atoms with Gasteiger partial charge in [0, 0.05) is 13.1 Å². The van der Waals surface area contributed by atoms with Gasteiger partial charge in [-0.15, -0.1) is 0 Å². The average molecular weight is 370 g/mol. The number of phenolic OH excluding ortho intramolecular Hbond substituents is 1. The first kappa shape index (κ1) is 20.6. The maximum absolute atomic E-state index is 11.7. The van der Waals surface area contributed by atoms with Crippen LogP contribution in [0.2, 0.25) is 0 Å². The highest BCUT2D eigenvalue weighted by Gasteiger charge is 2.12. The zero-order valence-electron chi connectivity index (χ0n) is 16.4. The molecule has 0 atom stereocenters. The molecule has 5 nitrogen and oxygen atoms in total. The minimum atomic E-state index is -0.177. The van der Waals surface area contributed by atoms with Gasteiger partial charge in [0.25, 0.3) is 0 Å². The van der Waals surface area contributed by atoms with Crippen molar-refractivity contribution in [2.45, 2.75) is 39.0 Å². The molecule has 0 radical (unpaired) electrons. The summed E-state index contributed by atoms with van der Waals surface area (Å²) in [6.07, 6.45) is 1.47. The molecule has 27 heavy (non-hydrogen) atoms. The molecule has 0 saturated heterocycles. The Kier molecular flexibility index (Phi) is 7.53. The third-order valence-electron chi connectivity index (χ3n) is 4.23. The molecule has 0 aromatic heterocycles. The number of phenols is 1. The molecule has 0 bridgehead atoms. The van der Waals surface area contributed by atoms with Crippen LogP contribution in [-0.4, -0.2) is 30.8 Å². The van der Waals surface area contributed by atoms with Crippen LogP contribution >= 0.6 is 0 Å². The van der Waals surface area contributed by atoms with E-state index in [1.807, 2.05) is 24.3 Å². The van der Waals surface area contributed by atoms with Crippen molar-refractivity contribution in [3.63, 3.8) is 0 Å². The predicted octanol–water partition coefficient (Wildman–Crippen LogP) is 4.00. The first-order chi connectivity index (χ1) is 12.8. The van der Waals surface area contributed by atoms with Crippen LogP contribution in [0.25, 0.3) is 0 Å². The highest BCUT2D eigenvalue weighted by molar-refractivity contribution is 5.73. The van der Waals surface area contributed by atoms with E-state index in [0.29, 0.717) is 19.7 Å². The number of urea groups is 1. The summed E-state index contributed by atoms with van der Waals surface area (Å²) in [7, 11) is 0. The van der Waals surface area contributed by atoms with Gasteiger partial charge in [0.15, 0.2) is 0 Å². The van der Waals surface area contributed by atoms with Crippen molar-refractivity contribution in [2.75, 3.05) is 19.7 Å². The van der Waals surface area contributed by atoms with Gasteiger partial charge in [-0.1, -0.05) is 45.0 Å². The van der Waals surface area contributed by atoms with E-state index in [9.17, 15) is 9.90 Å². The number of hydrogen-bond acceptors (Lipinski definition) is 3. The molecule has 3 N–H and O–H groups in total. The minimum Gasteiger partial charge on any atom is -0.508 e. The van der Waals surface area contributed by atoms with Gasteiger partial charge in [0.1, 0.15) is 11.5 Å². The summed E-state index contributed by atoms with van der Waals surface area (Å²) in [5, 5.41) is 14.9. The molecular weight excluding hydrogens is 340 g/mol. The van der Waals surface area contributed by atoms with E-state index < -0.39 is 0 Å². The van der Waals surface area contributed by atoms with Gasteiger partial charge in [0.05, 0.1) is 6.61 Å². The number of rotatable bonds is 8. The van der Waals surface area contributed by atoms with Gasteiger partial charge in [-0.3, -0.25) is 0 Å². The van der Waals surface area contributed by atoms with Gasteiger partial charge in [0.2, 0.25) is 0 Å². The number of hydrogen-bond donors (Lipinski definition) is 3. The van der Waals surface area contributed by atoms with E-state index in [1.165, 1.54) is 5.56 Å². The third kappa shape index (κ3) is 7.60. The fraction of sp³-hybridized carbons (Fsp3) is 0.409. The number of carbonyl (C=O) groups excluding carboxylic acids is 1. The lowest BCUT2D eigenvalue weighted by Gasteiger charge is -2.19. The Labute approximate surface area is 161 Å². The van der Waals surface area contributed by atoms with Crippen molar-refractivity contribution in [1.82, 2.24) is 10.6 Å². The van der Waals surface area contributed by atoms with Crippen LogP contribution in [0, 0.1) is 0 Å². The van der Waals surface area contributed by atoms with Crippen LogP contribution in [0.5, 0.6) is 11.5 Å². The second-order valence-electron chi connectivity index (χ2n) is 7.58. The normalized spacial score (nSPS) is 11.1. The quantitative estimate of drug-likeness (QED) is 0.615. The van der Waals surface area contributed by atoms with E-state index in [4.69, 9.17) is 4.74 Å². The molecule has 0 saturated carbocycles. The van der Waals surface area contributed by atoms with Gasteiger partial charge >= 0.3 is 6.03 Å². The zero-order chi connectivity index (χ0) is 19.7. The number of aromatic hydroxyl groups is 1.